The van der Waals surface area contributed by atoms with Crippen molar-refractivity contribution >= 4 is 44.9 Å². The molecule has 57 heavy (non-hydrogen) atoms. The van der Waals surface area contributed by atoms with Gasteiger partial charge in [0.05, 0.1) is 11.0 Å². The van der Waals surface area contributed by atoms with Crippen molar-refractivity contribution in [1.82, 2.24) is 19.5 Å². The highest BCUT2D eigenvalue weighted by Crippen LogP contribution is 2.54. The van der Waals surface area contributed by atoms with Crippen molar-refractivity contribution in [3.63, 3.8) is 0 Å². The molecule has 11 rings (SSSR count). The summed E-state index contributed by atoms with van der Waals surface area (Å²) in [5.41, 5.74) is 10.1. The summed E-state index contributed by atoms with van der Waals surface area (Å²) in [6.45, 7) is 0. The molecule has 0 spiro atoms. The van der Waals surface area contributed by atoms with Crippen molar-refractivity contribution in [1.29, 1.82) is 0 Å². The Morgan fingerprint density at radius 1 is 0.386 bits per heavy atom. The Labute approximate surface area is 330 Å². The molecule has 0 N–H and O–H groups in total. The van der Waals surface area contributed by atoms with E-state index in [1.165, 1.54) is 0 Å². The maximum Gasteiger partial charge on any atom is 0.238 e. The average Bonchev–Trinajstić information content (AvgIpc) is 3.77. The van der Waals surface area contributed by atoms with Crippen LogP contribution in [0.1, 0.15) is 0 Å². The Bertz CT molecular complexity index is 3080. The van der Waals surface area contributed by atoms with Gasteiger partial charge in [0.2, 0.25) is 5.95 Å². The van der Waals surface area contributed by atoms with Crippen molar-refractivity contribution in [2.75, 3.05) is 0 Å². The monoisotopic (exact) mass is 748 g/mol. The zero-order valence-corrected chi connectivity index (χ0v) is 31.6. The highest BCUT2D eigenvalue weighted by atomic mass is 31.2. The highest BCUT2D eigenvalue weighted by molar-refractivity contribution is 7.86. The fourth-order valence-corrected chi connectivity index (χ4v) is 11.5. The molecule has 0 aliphatic carbocycles. The van der Waals surface area contributed by atoms with E-state index in [0.717, 1.165) is 82.2 Å². The number of aromatic nitrogens is 4. The lowest BCUT2D eigenvalue weighted by Crippen LogP contribution is -2.20. The predicted octanol–water partition coefficient (Wildman–Crippen LogP) is 11.3. The lowest BCUT2D eigenvalue weighted by molar-refractivity contribution is 0.593. The molecular weight excluding hydrogens is 716 g/mol. The second-order valence-electron chi connectivity index (χ2n) is 14.3. The minimum absolute atomic E-state index is 0.493. The Kier molecular flexibility index (Phi) is 7.70. The van der Waals surface area contributed by atoms with Gasteiger partial charge in [-0.1, -0.05) is 188 Å². The Morgan fingerprint density at radius 3 is 1.49 bits per heavy atom. The van der Waals surface area contributed by atoms with Gasteiger partial charge in [-0.2, -0.15) is 9.97 Å². The second-order valence-corrected chi connectivity index (χ2v) is 17.0. The third kappa shape index (κ3) is 5.32. The fourth-order valence-electron chi connectivity index (χ4n) is 8.40. The van der Waals surface area contributed by atoms with Crippen LogP contribution in [0.3, 0.4) is 0 Å². The van der Waals surface area contributed by atoms with Crippen LogP contribution in [0.25, 0.3) is 83.9 Å². The smallest absolute Gasteiger partial charge is 0.238 e. The molecule has 1 aliphatic rings. The van der Waals surface area contributed by atoms with E-state index in [1.54, 1.807) is 0 Å². The van der Waals surface area contributed by atoms with E-state index in [1.807, 2.05) is 66.7 Å². The van der Waals surface area contributed by atoms with Gasteiger partial charge >= 0.3 is 0 Å². The minimum atomic E-state index is -3.20. The van der Waals surface area contributed by atoms with Crippen LogP contribution < -0.4 is 15.9 Å². The van der Waals surface area contributed by atoms with Gasteiger partial charge in [-0.25, -0.2) is 4.98 Å². The molecule has 0 amide bonds. The SMILES string of the molecule is O=P1(c2ccccc2)c2ccccc2-c2c1ccc1c3ccccc3n(-c3nc(-c4ccc(-c5ccccc5)cc4)nc(-c4ccc(-c5ccccc5)cc4)n3)c21. The molecule has 3 heterocycles. The molecule has 2 aromatic heterocycles. The zero-order valence-electron chi connectivity index (χ0n) is 30.7. The van der Waals surface area contributed by atoms with Crippen molar-refractivity contribution in [2.24, 2.45) is 0 Å². The molecule has 1 aliphatic heterocycles. The van der Waals surface area contributed by atoms with Gasteiger partial charge in [0.1, 0.15) is 0 Å². The average molecular weight is 749 g/mol. The van der Waals surface area contributed by atoms with Crippen LogP contribution in [0.2, 0.25) is 0 Å². The van der Waals surface area contributed by atoms with Gasteiger partial charge in [0.25, 0.3) is 0 Å². The summed E-state index contributed by atoms with van der Waals surface area (Å²) in [5.74, 6) is 1.62. The first-order chi connectivity index (χ1) is 28.1. The van der Waals surface area contributed by atoms with E-state index in [4.69, 9.17) is 15.0 Å². The molecule has 0 bridgehead atoms. The van der Waals surface area contributed by atoms with Crippen LogP contribution in [-0.2, 0) is 4.57 Å². The van der Waals surface area contributed by atoms with Gasteiger partial charge in [-0.15, -0.1) is 0 Å². The number of hydrogen-bond acceptors (Lipinski definition) is 4. The molecule has 8 aromatic carbocycles. The lowest BCUT2D eigenvalue weighted by atomic mass is 10.0. The molecule has 6 heteroatoms. The normalized spacial score (nSPS) is 14.5. The predicted molar refractivity (Wildman–Crippen MR) is 234 cm³/mol. The standard InChI is InChI=1S/C51H33N4OP/c56-57(40-18-8-3-9-19-40)45-23-13-11-21-43(45)47-46(57)33-32-42-41-20-10-12-22-44(41)55(48(42)47)51-53-49(38-28-24-36(25-29-38)34-14-4-1-5-15-34)52-50(54-51)39-30-26-37(27-31-39)35-16-6-2-7-17-35/h1-33H. The summed E-state index contributed by atoms with van der Waals surface area (Å²) in [5, 5.41) is 4.61. The van der Waals surface area contributed by atoms with E-state index in [9.17, 15) is 0 Å². The maximum atomic E-state index is 15.7. The van der Waals surface area contributed by atoms with E-state index < -0.39 is 7.14 Å². The van der Waals surface area contributed by atoms with Gasteiger partial charge in [-0.3, -0.25) is 4.57 Å². The van der Waals surface area contributed by atoms with Crippen LogP contribution in [0.4, 0.5) is 0 Å². The van der Waals surface area contributed by atoms with E-state index in [-0.39, 0.29) is 0 Å². The highest BCUT2D eigenvalue weighted by Gasteiger charge is 2.42. The number of rotatable bonds is 6. The van der Waals surface area contributed by atoms with Crippen LogP contribution in [0, 0.1) is 0 Å². The molecule has 0 fully saturated rings. The first-order valence-electron chi connectivity index (χ1n) is 19.1. The van der Waals surface area contributed by atoms with Gasteiger partial charge in [-0.05, 0) is 39.9 Å². The first kappa shape index (κ1) is 33.2. The molecule has 1 atom stereocenters. The summed E-state index contributed by atoms with van der Waals surface area (Å²) in [6.07, 6.45) is 0. The van der Waals surface area contributed by atoms with Gasteiger partial charge in [0, 0.05) is 43.4 Å². The molecule has 0 radical (unpaired) electrons. The lowest BCUT2D eigenvalue weighted by Gasteiger charge is -2.16. The molecule has 5 nitrogen and oxygen atoms in total. The summed E-state index contributed by atoms with van der Waals surface area (Å²) in [6, 6.07) is 68.2. The van der Waals surface area contributed by atoms with Gasteiger partial charge < -0.3 is 4.57 Å². The van der Waals surface area contributed by atoms with Crippen LogP contribution in [0.5, 0.6) is 0 Å². The summed E-state index contributed by atoms with van der Waals surface area (Å²) in [4.78, 5) is 15.7. The molecule has 0 saturated carbocycles. The maximum absolute atomic E-state index is 15.7. The van der Waals surface area contributed by atoms with Crippen LogP contribution >= 0.6 is 7.14 Å². The van der Waals surface area contributed by atoms with E-state index in [0.29, 0.717) is 17.6 Å². The number of fused-ring (bicyclic) bond motifs is 7. The minimum Gasteiger partial charge on any atom is -0.309 e. The molecule has 0 saturated heterocycles. The molecule has 10 aromatic rings. The summed E-state index contributed by atoms with van der Waals surface area (Å²) in [7, 11) is -3.20. The Morgan fingerprint density at radius 2 is 0.877 bits per heavy atom. The van der Waals surface area contributed by atoms with Crippen LogP contribution in [-0.4, -0.2) is 19.5 Å². The molecule has 1 unspecified atom stereocenters. The van der Waals surface area contributed by atoms with Gasteiger partial charge in [0.15, 0.2) is 18.8 Å². The number of hydrogen-bond donors (Lipinski definition) is 0. The number of benzene rings is 8. The van der Waals surface area contributed by atoms with Crippen molar-refractivity contribution < 1.29 is 4.57 Å². The van der Waals surface area contributed by atoms with Crippen molar-refractivity contribution in [2.45, 2.75) is 0 Å². The third-order valence-corrected chi connectivity index (χ3v) is 14.3. The zero-order chi connectivity index (χ0) is 37.9. The van der Waals surface area contributed by atoms with E-state index >= 15 is 4.57 Å². The topological polar surface area (TPSA) is 60.7 Å². The fraction of sp³-hybridized carbons (Fsp3) is 0. The molecular formula is C51H33N4OP. The summed E-state index contributed by atoms with van der Waals surface area (Å²) < 4.78 is 17.8. The van der Waals surface area contributed by atoms with E-state index in [2.05, 4.69) is 138 Å². The quantitative estimate of drug-likeness (QED) is 0.159. The Balaban J connectivity index is 1.18. The van der Waals surface area contributed by atoms with Crippen molar-refractivity contribution in [3.8, 4) is 62.1 Å². The van der Waals surface area contributed by atoms with Crippen molar-refractivity contribution in [3.05, 3.63) is 200 Å². The Hall–Kier alpha value is -7.20. The van der Waals surface area contributed by atoms with Crippen LogP contribution in [0.15, 0.2) is 200 Å². The molecule has 268 valence electrons. The third-order valence-electron chi connectivity index (χ3n) is 11.1. The first-order valence-corrected chi connectivity index (χ1v) is 20.8. The second kappa shape index (κ2) is 13.2. The number of nitrogens with zero attached hydrogens (tertiary/aromatic N) is 4. The summed E-state index contributed by atoms with van der Waals surface area (Å²) >= 11 is 0. The number of para-hydroxylation sites is 1. The largest absolute Gasteiger partial charge is 0.309 e.